The van der Waals surface area contributed by atoms with Gasteiger partial charge in [0.05, 0.1) is 5.02 Å². The molecule has 1 atom stereocenters. The topological polar surface area (TPSA) is 53.3 Å². The molecule has 0 aliphatic rings. The first kappa shape index (κ1) is 13.6. The summed E-state index contributed by atoms with van der Waals surface area (Å²) in [5.41, 5.74) is 1.65. The van der Waals surface area contributed by atoms with Gasteiger partial charge in [0.1, 0.15) is 5.76 Å². The van der Waals surface area contributed by atoms with Crippen molar-refractivity contribution in [2.45, 2.75) is 38.0 Å². The lowest BCUT2D eigenvalue weighted by molar-refractivity contribution is 0.536. The maximum absolute atomic E-state index is 11.0. The number of hydrogen-bond acceptors (Lipinski definition) is 3. The minimum Gasteiger partial charge on any atom is -0.768 e. The normalized spacial score (nSPS) is 13.1. The molecule has 1 aromatic carbocycles. The molecule has 1 unspecified atom stereocenters. The van der Waals surface area contributed by atoms with Crippen molar-refractivity contribution in [1.29, 1.82) is 0 Å². The van der Waals surface area contributed by atoms with Crippen LogP contribution in [0.1, 0.15) is 31.6 Å². The molecule has 0 bridgehead atoms. The average molecular weight is 286 g/mol. The van der Waals surface area contributed by atoms with Gasteiger partial charge < -0.3 is 8.97 Å². The monoisotopic (exact) mass is 285 g/mol. The maximum Gasteiger partial charge on any atom is 0.153 e. The third-order valence-corrected chi connectivity index (χ3v) is 3.83. The highest BCUT2D eigenvalue weighted by Crippen LogP contribution is 2.34. The van der Waals surface area contributed by atoms with Crippen LogP contribution in [0.3, 0.4) is 0 Å². The minimum absolute atomic E-state index is 0.200. The lowest BCUT2D eigenvalue weighted by atomic mass is 10.1. The Morgan fingerprint density at radius 1 is 1.39 bits per heavy atom. The summed E-state index contributed by atoms with van der Waals surface area (Å²) in [5.74, 6) is 0.908. The van der Waals surface area contributed by atoms with Gasteiger partial charge in [-0.3, -0.25) is 4.21 Å². The van der Waals surface area contributed by atoms with Crippen LogP contribution in [-0.2, 0) is 23.9 Å². The Balaban J connectivity index is 2.72. The summed E-state index contributed by atoms with van der Waals surface area (Å²) in [6.45, 7) is 4.10. The van der Waals surface area contributed by atoms with Crippen molar-refractivity contribution in [1.82, 2.24) is 0 Å². The molecule has 1 aromatic heterocycles. The zero-order chi connectivity index (χ0) is 13.3. The van der Waals surface area contributed by atoms with Gasteiger partial charge in [-0.15, -0.1) is 0 Å². The van der Waals surface area contributed by atoms with Crippen molar-refractivity contribution in [3.8, 4) is 0 Å². The molecule has 3 nitrogen and oxygen atoms in total. The van der Waals surface area contributed by atoms with E-state index in [2.05, 4.69) is 6.92 Å². The fraction of sp³-hybridized carbons (Fsp3) is 0.385. The highest BCUT2D eigenvalue weighted by molar-refractivity contribution is 7.79. The molecule has 0 saturated carbocycles. The molecule has 98 valence electrons. The molecule has 0 aliphatic heterocycles. The molecule has 0 amide bonds. The van der Waals surface area contributed by atoms with Gasteiger partial charge in [-0.2, -0.15) is 0 Å². The highest BCUT2D eigenvalue weighted by Gasteiger charge is 2.15. The standard InChI is InChI=1S/C13H15ClO3S/c1-3-5-12-9(4-2)10-6-8(18(15)16)7-11(14)13(10)17-12/h6-7H,3-5H2,1-2H3,(H,15,16)/p-1. The van der Waals surface area contributed by atoms with Crippen LogP contribution in [0.25, 0.3) is 11.0 Å². The number of halogens is 1. The SMILES string of the molecule is CCCc1oc2c(Cl)cc(S(=O)[O-])cc2c1CC. The van der Waals surface area contributed by atoms with Gasteiger partial charge >= 0.3 is 0 Å². The molecule has 5 heteroatoms. The summed E-state index contributed by atoms with van der Waals surface area (Å²) in [6.07, 6.45) is 2.61. The van der Waals surface area contributed by atoms with Crippen LogP contribution in [0, 0.1) is 0 Å². The number of rotatable bonds is 4. The van der Waals surface area contributed by atoms with E-state index < -0.39 is 11.1 Å². The second kappa shape index (κ2) is 5.43. The Morgan fingerprint density at radius 2 is 2.11 bits per heavy atom. The Labute approximate surface area is 113 Å². The lowest BCUT2D eigenvalue weighted by Crippen LogP contribution is -1.90. The molecule has 0 radical (unpaired) electrons. The van der Waals surface area contributed by atoms with Crippen molar-refractivity contribution in [3.63, 3.8) is 0 Å². The summed E-state index contributed by atoms with van der Waals surface area (Å²) in [7, 11) is 0. The van der Waals surface area contributed by atoms with Crippen LogP contribution in [0.2, 0.25) is 5.02 Å². The second-order valence-corrected chi connectivity index (χ2v) is 5.47. The molecule has 1 heterocycles. The number of benzene rings is 1. The van der Waals surface area contributed by atoms with E-state index in [1.165, 1.54) is 6.07 Å². The van der Waals surface area contributed by atoms with E-state index in [4.69, 9.17) is 16.0 Å². The largest absolute Gasteiger partial charge is 0.768 e. The van der Waals surface area contributed by atoms with Crippen LogP contribution in [0.5, 0.6) is 0 Å². The Kier molecular flexibility index (Phi) is 4.10. The van der Waals surface area contributed by atoms with Crippen molar-refractivity contribution in [3.05, 3.63) is 28.5 Å². The fourth-order valence-electron chi connectivity index (χ4n) is 2.14. The number of furan rings is 1. The minimum atomic E-state index is -2.28. The van der Waals surface area contributed by atoms with Crippen molar-refractivity contribution >= 4 is 33.7 Å². The average Bonchev–Trinajstić information content (AvgIpc) is 2.67. The smallest absolute Gasteiger partial charge is 0.153 e. The summed E-state index contributed by atoms with van der Waals surface area (Å²) in [5, 5.41) is 1.16. The van der Waals surface area contributed by atoms with Crippen molar-refractivity contribution in [2.75, 3.05) is 0 Å². The number of aryl methyl sites for hydroxylation is 2. The zero-order valence-corrected chi connectivity index (χ0v) is 11.9. The molecule has 18 heavy (non-hydrogen) atoms. The predicted molar refractivity (Wildman–Crippen MR) is 71.8 cm³/mol. The van der Waals surface area contributed by atoms with Crippen LogP contribution in [0.15, 0.2) is 21.4 Å². The highest BCUT2D eigenvalue weighted by atomic mass is 35.5. The van der Waals surface area contributed by atoms with Crippen LogP contribution in [0.4, 0.5) is 0 Å². The van der Waals surface area contributed by atoms with E-state index in [1.54, 1.807) is 6.07 Å². The van der Waals surface area contributed by atoms with Crippen LogP contribution < -0.4 is 0 Å². The Morgan fingerprint density at radius 3 is 2.67 bits per heavy atom. The summed E-state index contributed by atoms with van der Waals surface area (Å²) in [6, 6.07) is 3.05. The first-order valence-electron chi connectivity index (χ1n) is 5.91. The molecule has 0 N–H and O–H groups in total. The first-order valence-corrected chi connectivity index (χ1v) is 7.36. The third kappa shape index (κ3) is 2.32. The second-order valence-electron chi connectivity index (χ2n) is 4.12. The summed E-state index contributed by atoms with van der Waals surface area (Å²) >= 11 is 3.81. The van der Waals surface area contributed by atoms with Crippen molar-refractivity contribution in [2.24, 2.45) is 0 Å². The first-order chi connectivity index (χ1) is 8.58. The molecule has 2 aromatic rings. The van der Waals surface area contributed by atoms with E-state index in [0.717, 1.165) is 36.0 Å². The van der Waals surface area contributed by atoms with Gasteiger partial charge in [0, 0.05) is 22.3 Å². The van der Waals surface area contributed by atoms with E-state index in [9.17, 15) is 8.76 Å². The molecular weight excluding hydrogens is 272 g/mol. The number of hydrogen-bond donors (Lipinski definition) is 0. The molecule has 0 saturated heterocycles. The van der Waals surface area contributed by atoms with Gasteiger partial charge in [-0.1, -0.05) is 25.4 Å². The van der Waals surface area contributed by atoms with Gasteiger partial charge in [0.25, 0.3) is 0 Å². The van der Waals surface area contributed by atoms with Gasteiger partial charge in [-0.25, -0.2) is 0 Å². The van der Waals surface area contributed by atoms with E-state index in [0.29, 0.717) is 10.6 Å². The molecule has 2 rings (SSSR count). The van der Waals surface area contributed by atoms with Crippen LogP contribution in [-0.4, -0.2) is 8.76 Å². The molecule has 0 fully saturated rings. The summed E-state index contributed by atoms with van der Waals surface area (Å²) in [4.78, 5) is 0.200. The molecular formula is C13H14ClO3S-. The fourth-order valence-corrected chi connectivity index (χ4v) is 2.90. The predicted octanol–water partition coefficient (Wildman–Crippen LogP) is 3.84. The van der Waals surface area contributed by atoms with Crippen molar-refractivity contribution < 1.29 is 13.2 Å². The van der Waals surface area contributed by atoms with Crippen LogP contribution >= 0.6 is 11.6 Å². The quantitative estimate of drug-likeness (QED) is 0.802. The molecule has 0 aliphatic carbocycles. The van der Waals surface area contributed by atoms with E-state index in [1.807, 2.05) is 6.92 Å². The Hall–Kier alpha value is -0.840. The maximum atomic E-state index is 11.0. The van der Waals surface area contributed by atoms with E-state index in [-0.39, 0.29) is 4.90 Å². The Bertz CT molecular complexity index is 604. The van der Waals surface area contributed by atoms with Gasteiger partial charge in [-0.05, 0) is 36.1 Å². The van der Waals surface area contributed by atoms with Gasteiger partial charge in [0.2, 0.25) is 0 Å². The lowest BCUT2D eigenvalue weighted by Gasteiger charge is -2.06. The molecule has 0 spiro atoms. The summed E-state index contributed by atoms with van der Waals surface area (Å²) < 4.78 is 27.8. The van der Waals surface area contributed by atoms with Gasteiger partial charge in [0.15, 0.2) is 5.58 Å². The third-order valence-electron chi connectivity index (χ3n) is 2.93. The number of fused-ring (bicyclic) bond motifs is 1. The van der Waals surface area contributed by atoms with E-state index >= 15 is 0 Å². The zero-order valence-electron chi connectivity index (χ0n) is 10.3.